The first-order valence-electron chi connectivity index (χ1n) is 2.92. The molecule has 0 amide bonds. The molecule has 52 valence electrons. The van der Waals surface area contributed by atoms with Crippen molar-refractivity contribution < 1.29 is 4.39 Å². The molecule has 1 atom stereocenters. The van der Waals surface area contributed by atoms with Crippen molar-refractivity contribution in [3.63, 3.8) is 0 Å². The molecule has 0 aromatic rings. The molecule has 0 aromatic heterocycles. The van der Waals surface area contributed by atoms with Gasteiger partial charge in [0, 0.05) is 6.04 Å². The van der Waals surface area contributed by atoms with Gasteiger partial charge >= 0.3 is 0 Å². The number of hydrogen-bond acceptors (Lipinski definition) is 3. The van der Waals surface area contributed by atoms with Crippen LogP contribution in [0.5, 0.6) is 0 Å². The minimum atomic E-state index is -1.13. The van der Waals surface area contributed by atoms with Crippen LogP contribution in [0, 0.1) is 0 Å². The molecule has 9 heavy (non-hydrogen) atoms. The van der Waals surface area contributed by atoms with Crippen LogP contribution in [0.4, 0.5) is 4.39 Å². The zero-order valence-electron chi connectivity index (χ0n) is 5.50. The van der Waals surface area contributed by atoms with Gasteiger partial charge in [-0.3, -0.25) is 5.43 Å². The van der Waals surface area contributed by atoms with Crippen LogP contribution in [0.1, 0.15) is 13.8 Å². The van der Waals surface area contributed by atoms with E-state index in [1.54, 1.807) is 0 Å². The van der Waals surface area contributed by atoms with Gasteiger partial charge < -0.3 is 4.90 Å². The quantitative estimate of drug-likeness (QED) is 0.525. The lowest BCUT2D eigenvalue weighted by Crippen LogP contribution is -2.37. The summed E-state index contributed by atoms with van der Waals surface area (Å²) in [5.74, 6) is 0. The summed E-state index contributed by atoms with van der Waals surface area (Å²) in [6, 6.07) is 0.166. The third-order valence-corrected chi connectivity index (χ3v) is 1.23. The number of nitrogens with zero attached hydrogens (tertiary/aromatic N) is 2. The van der Waals surface area contributed by atoms with Crippen LogP contribution in [-0.2, 0) is 0 Å². The minimum Gasteiger partial charge on any atom is -0.311 e. The van der Waals surface area contributed by atoms with Crippen LogP contribution in [-0.4, -0.2) is 23.7 Å². The summed E-state index contributed by atoms with van der Waals surface area (Å²) in [4.78, 5) is 1.50. The van der Waals surface area contributed by atoms with Crippen LogP contribution in [0.25, 0.3) is 0 Å². The van der Waals surface area contributed by atoms with Crippen LogP contribution >= 0.6 is 0 Å². The fourth-order valence-corrected chi connectivity index (χ4v) is 0.682. The molecular formula is C5H10FN3. The highest BCUT2D eigenvalue weighted by Crippen LogP contribution is 2.05. The van der Waals surface area contributed by atoms with Crippen molar-refractivity contribution in [1.82, 2.24) is 10.3 Å². The van der Waals surface area contributed by atoms with E-state index >= 15 is 0 Å². The van der Waals surface area contributed by atoms with E-state index in [2.05, 4.69) is 10.5 Å². The third kappa shape index (κ3) is 1.12. The third-order valence-electron chi connectivity index (χ3n) is 1.23. The predicted octanol–water partition coefficient (Wildman–Crippen LogP) is 0.496. The van der Waals surface area contributed by atoms with E-state index in [1.807, 2.05) is 13.8 Å². The molecule has 1 unspecified atom stereocenters. The van der Waals surface area contributed by atoms with Crippen molar-refractivity contribution in [1.29, 1.82) is 0 Å². The highest BCUT2D eigenvalue weighted by Gasteiger charge is 2.20. The summed E-state index contributed by atoms with van der Waals surface area (Å²) < 4.78 is 12.5. The first-order chi connectivity index (χ1) is 4.22. The molecule has 0 bridgehead atoms. The van der Waals surface area contributed by atoms with Crippen molar-refractivity contribution in [2.75, 3.05) is 0 Å². The second-order valence-corrected chi connectivity index (χ2v) is 2.25. The van der Waals surface area contributed by atoms with Crippen molar-refractivity contribution >= 4 is 6.34 Å². The molecule has 1 rings (SSSR count). The Kier molecular flexibility index (Phi) is 1.55. The summed E-state index contributed by atoms with van der Waals surface area (Å²) >= 11 is 0. The molecular weight excluding hydrogens is 121 g/mol. The zero-order valence-corrected chi connectivity index (χ0v) is 5.50. The number of nitrogens with one attached hydrogen (secondary N) is 1. The standard InChI is InChI=1S/C5H10FN3/c1-4(2)9-3-7-8-5(9)6/h3-5,8H,1-2H3. The summed E-state index contributed by atoms with van der Waals surface area (Å²) in [7, 11) is 0. The Labute approximate surface area is 53.5 Å². The highest BCUT2D eigenvalue weighted by molar-refractivity contribution is 5.56. The highest BCUT2D eigenvalue weighted by atomic mass is 19.1. The fourth-order valence-electron chi connectivity index (χ4n) is 0.682. The first kappa shape index (κ1) is 6.32. The van der Waals surface area contributed by atoms with Gasteiger partial charge in [-0.2, -0.15) is 9.49 Å². The summed E-state index contributed by atoms with van der Waals surface area (Å²) in [6.45, 7) is 3.82. The van der Waals surface area contributed by atoms with Gasteiger partial charge in [-0.25, -0.2) is 0 Å². The molecule has 1 N–H and O–H groups in total. The Hall–Kier alpha value is -0.800. The van der Waals surface area contributed by atoms with Gasteiger partial charge in [0.2, 0.25) is 0 Å². The van der Waals surface area contributed by atoms with Gasteiger partial charge in [0.1, 0.15) is 6.34 Å². The van der Waals surface area contributed by atoms with E-state index in [4.69, 9.17) is 0 Å². The second kappa shape index (κ2) is 2.21. The molecule has 0 saturated carbocycles. The van der Waals surface area contributed by atoms with Gasteiger partial charge in [0.05, 0.1) is 0 Å². The molecule has 1 aliphatic rings. The Bertz CT molecular complexity index is 123. The molecule has 0 aromatic carbocycles. The average Bonchev–Trinajstić information content (AvgIpc) is 2.13. The monoisotopic (exact) mass is 131 g/mol. The molecule has 4 heteroatoms. The molecule has 0 aliphatic carbocycles. The molecule has 1 heterocycles. The van der Waals surface area contributed by atoms with Crippen molar-refractivity contribution in [2.45, 2.75) is 26.3 Å². The summed E-state index contributed by atoms with van der Waals surface area (Å²) in [5, 5.41) is 3.54. The largest absolute Gasteiger partial charge is 0.311 e. The van der Waals surface area contributed by atoms with Crippen molar-refractivity contribution in [3.05, 3.63) is 0 Å². The van der Waals surface area contributed by atoms with E-state index in [0.29, 0.717) is 0 Å². The maximum atomic E-state index is 12.5. The van der Waals surface area contributed by atoms with Crippen molar-refractivity contribution in [3.8, 4) is 0 Å². The SMILES string of the molecule is CC(C)N1C=NNC1F. The number of rotatable bonds is 1. The molecule has 0 radical (unpaired) electrons. The Morgan fingerprint density at radius 1 is 1.78 bits per heavy atom. The van der Waals surface area contributed by atoms with E-state index in [1.165, 1.54) is 11.2 Å². The second-order valence-electron chi connectivity index (χ2n) is 2.25. The average molecular weight is 131 g/mol. The van der Waals surface area contributed by atoms with Gasteiger partial charge in [0.15, 0.2) is 0 Å². The zero-order chi connectivity index (χ0) is 6.85. The Morgan fingerprint density at radius 3 is 2.67 bits per heavy atom. The Balaban J connectivity index is 2.49. The van der Waals surface area contributed by atoms with Gasteiger partial charge in [-0.15, -0.1) is 0 Å². The Morgan fingerprint density at radius 2 is 2.44 bits per heavy atom. The summed E-state index contributed by atoms with van der Waals surface area (Å²) in [6.07, 6.45) is 0.333. The number of alkyl halides is 1. The van der Waals surface area contributed by atoms with E-state index in [0.717, 1.165) is 0 Å². The topological polar surface area (TPSA) is 27.6 Å². The predicted molar refractivity (Wildman–Crippen MR) is 33.5 cm³/mol. The lowest BCUT2D eigenvalue weighted by Gasteiger charge is -2.20. The van der Waals surface area contributed by atoms with Gasteiger partial charge in [0.25, 0.3) is 6.42 Å². The van der Waals surface area contributed by atoms with Crippen LogP contribution in [0.3, 0.4) is 0 Å². The lowest BCUT2D eigenvalue weighted by molar-refractivity contribution is 0.119. The van der Waals surface area contributed by atoms with E-state index < -0.39 is 6.42 Å². The van der Waals surface area contributed by atoms with E-state index in [-0.39, 0.29) is 6.04 Å². The van der Waals surface area contributed by atoms with Crippen LogP contribution in [0.15, 0.2) is 5.10 Å². The lowest BCUT2D eigenvalue weighted by atomic mass is 10.4. The number of hydrogen-bond donors (Lipinski definition) is 1. The molecule has 0 saturated heterocycles. The van der Waals surface area contributed by atoms with Gasteiger partial charge in [-0.1, -0.05) is 0 Å². The van der Waals surface area contributed by atoms with Crippen LogP contribution in [0.2, 0.25) is 0 Å². The van der Waals surface area contributed by atoms with Crippen molar-refractivity contribution in [2.24, 2.45) is 5.10 Å². The first-order valence-corrected chi connectivity index (χ1v) is 2.92. The molecule has 0 fully saturated rings. The van der Waals surface area contributed by atoms with E-state index in [9.17, 15) is 4.39 Å². The smallest absolute Gasteiger partial charge is 0.263 e. The summed E-state index contributed by atoms with van der Waals surface area (Å²) in [5.41, 5.74) is 2.28. The molecule has 3 nitrogen and oxygen atoms in total. The molecule has 1 aliphatic heterocycles. The number of hydrazone groups is 1. The van der Waals surface area contributed by atoms with Gasteiger partial charge in [-0.05, 0) is 13.8 Å². The number of halogens is 1. The normalized spacial score (nSPS) is 25.3. The van der Waals surface area contributed by atoms with Crippen LogP contribution < -0.4 is 5.43 Å². The minimum absolute atomic E-state index is 0.166. The maximum absolute atomic E-state index is 12.5. The molecule has 0 spiro atoms. The fraction of sp³-hybridized carbons (Fsp3) is 0.800. The maximum Gasteiger partial charge on any atom is 0.263 e.